The van der Waals surface area contributed by atoms with Crippen LogP contribution in [0, 0.1) is 0 Å². The summed E-state index contributed by atoms with van der Waals surface area (Å²) in [7, 11) is 0. The highest BCUT2D eigenvalue weighted by atomic mass is 16.6. The Labute approximate surface area is 192 Å². The van der Waals surface area contributed by atoms with E-state index in [2.05, 4.69) is 23.3 Å². The molecule has 0 aliphatic carbocycles. The highest BCUT2D eigenvalue weighted by Gasteiger charge is 2.16. The average molecular weight is 459 g/mol. The van der Waals surface area contributed by atoms with Gasteiger partial charge in [0.2, 0.25) is 0 Å². The van der Waals surface area contributed by atoms with Crippen LogP contribution in [0.5, 0.6) is 0 Å². The predicted molar refractivity (Wildman–Crippen MR) is 120 cm³/mol. The first kappa shape index (κ1) is 29.9. The third kappa shape index (κ3) is 21.1. The normalized spacial score (nSPS) is 12.8. The van der Waals surface area contributed by atoms with Gasteiger partial charge in [-0.3, -0.25) is 9.59 Å². The Morgan fingerprint density at radius 2 is 1.00 bits per heavy atom. The van der Waals surface area contributed by atoms with Crippen LogP contribution < -0.4 is 0 Å². The summed E-state index contributed by atoms with van der Waals surface area (Å²) < 4.78 is 18.9. The molecule has 0 spiro atoms. The maximum absolute atomic E-state index is 11.5. The lowest BCUT2D eigenvalue weighted by Gasteiger charge is -2.09. The monoisotopic (exact) mass is 458 g/mol. The summed E-state index contributed by atoms with van der Waals surface area (Å²) in [6.45, 7) is 4.75. The first-order valence-corrected chi connectivity index (χ1v) is 12.1. The summed E-state index contributed by atoms with van der Waals surface area (Å²) in [6, 6.07) is 0. The zero-order valence-corrected chi connectivity index (χ0v) is 20.0. The Morgan fingerprint density at radius 1 is 0.625 bits per heavy atom. The molecule has 1 heterocycles. The van der Waals surface area contributed by atoms with Gasteiger partial charge in [-0.05, 0) is 25.7 Å². The van der Waals surface area contributed by atoms with Crippen molar-refractivity contribution in [3.8, 4) is 0 Å². The van der Waals surface area contributed by atoms with Gasteiger partial charge in [-0.25, -0.2) is 9.59 Å². The van der Waals surface area contributed by atoms with Crippen molar-refractivity contribution < 1.29 is 38.1 Å². The van der Waals surface area contributed by atoms with E-state index in [9.17, 15) is 19.2 Å². The molecule has 1 fully saturated rings. The number of esters is 4. The molecule has 0 aromatic carbocycles. The molecule has 0 bridgehead atoms. The van der Waals surface area contributed by atoms with E-state index in [1.165, 1.54) is 38.5 Å². The first-order valence-electron chi connectivity index (χ1n) is 12.1. The molecule has 1 rings (SSSR count). The maximum atomic E-state index is 11.5. The average Bonchev–Trinajstić information content (AvgIpc) is 2.78. The number of ether oxygens (including phenoxy) is 4. The molecule has 0 aromatic heterocycles. The van der Waals surface area contributed by atoms with E-state index in [1.54, 1.807) is 0 Å². The fourth-order valence-electron chi connectivity index (χ4n) is 2.83. The van der Waals surface area contributed by atoms with E-state index in [0.29, 0.717) is 26.1 Å². The van der Waals surface area contributed by atoms with Gasteiger partial charge >= 0.3 is 23.9 Å². The fourth-order valence-corrected chi connectivity index (χ4v) is 2.83. The zero-order chi connectivity index (χ0) is 23.9. The molecular weight excluding hydrogens is 416 g/mol. The van der Waals surface area contributed by atoms with Gasteiger partial charge in [0.05, 0.1) is 13.2 Å². The van der Waals surface area contributed by atoms with Crippen molar-refractivity contribution in [3.63, 3.8) is 0 Å². The van der Waals surface area contributed by atoms with Crippen LogP contribution >= 0.6 is 0 Å². The summed E-state index contributed by atoms with van der Waals surface area (Å²) in [5, 5.41) is 0. The van der Waals surface area contributed by atoms with Crippen molar-refractivity contribution in [2.24, 2.45) is 0 Å². The molecule has 1 saturated heterocycles. The Morgan fingerprint density at radius 3 is 1.34 bits per heavy atom. The Bertz CT molecular complexity index is 460. The van der Waals surface area contributed by atoms with Crippen molar-refractivity contribution >= 4 is 23.9 Å². The minimum Gasteiger partial charge on any atom is -0.466 e. The van der Waals surface area contributed by atoms with Crippen LogP contribution in [-0.4, -0.2) is 50.3 Å². The Hall–Kier alpha value is -2.12. The van der Waals surface area contributed by atoms with Crippen LogP contribution in [0.1, 0.15) is 104 Å². The van der Waals surface area contributed by atoms with E-state index in [-0.39, 0.29) is 25.2 Å². The first-order chi connectivity index (χ1) is 15.5. The molecule has 186 valence electrons. The van der Waals surface area contributed by atoms with Crippen molar-refractivity contribution in [1.29, 1.82) is 0 Å². The molecule has 0 radical (unpaired) electrons. The van der Waals surface area contributed by atoms with E-state index < -0.39 is 11.9 Å². The van der Waals surface area contributed by atoms with Crippen LogP contribution in [0.2, 0.25) is 0 Å². The Balaban J connectivity index is 0.000000995. The zero-order valence-electron chi connectivity index (χ0n) is 20.0. The molecule has 8 heteroatoms. The lowest BCUT2D eigenvalue weighted by Crippen LogP contribution is -2.27. The van der Waals surface area contributed by atoms with Gasteiger partial charge in [0.25, 0.3) is 0 Å². The summed E-state index contributed by atoms with van der Waals surface area (Å²) in [5.74, 6) is -1.17. The number of rotatable bonds is 17. The molecule has 0 aromatic rings. The summed E-state index contributed by atoms with van der Waals surface area (Å²) in [4.78, 5) is 43.2. The Kier molecular flexibility index (Phi) is 20.6. The molecular formula is C24H42O8. The van der Waals surface area contributed by atoms with Gasteiger partial charge in [0, 0.05) is 12.8 Å². The topological polar surface area (TPSA) is 105 Å². The second kappa shape index (κ2) is 22.1. The van der Waals surface area contributed by atoms with Crippen molar-refractivity contribution in [2.45, 2.75) is 104 Å². The van der Waals surface area contributed by atoms with E-state index in [0.717, 1.165) is 38.5 Å². The SMILES string of the molecule is CCCCCCCC(=O)OCCCCOC(=O)CCCCCCC.O=C1COC(=O)CO1. The highest BCUT2D eigenvalue weighted by molar-refractivity contribution is 5.82. The van der Waals surface area contributed by atoms with E-state index in [4.69, 9.17) is 9.47 Å². The third-order valence-electron chi connectivity index (χ3n) is 4.74. The second-order valence-corrected chi connectivity index (χ2v) is 7.80. The highest BCUT2D eigenvalue weighted by Crippen LogP contribution is 2.07. The van der Waals surface area contributed by atoms with Gasteiger partial charge in [0.15, 0.2) is 13.2 Å². The van der Waals surface area contributed by atoms with Crippen molar-refractivity contribution in [2.75, 3.05) is 26.4 Å². The van der Waals surface area contributed by atoms with Crippen LogP contribution in [0.25, 0.3) is 0 Å². The molecule has 0 amide bonds. The van der Waals surface area contributed by atoms with Crippen LogP contribution in [0.15, 0.2) is 0 Å². The van der Waals surface area contributed by atoms with Gasteiger partial charge in [-0.15, -0.1) is 0 Å². The fraction of sp³-hybridized carbons (Fsp3) is 0.833. The lowest BCUT2D eigenvalue weighted by molar-refractivity contribution is -0.174. The molecule has 0 N–H and O–H groups in total. The maximum Gasteiger partial charge on any atom is 0.344 e. The van der Waals surface area contributed by atoms with Gasteiger partial charge in [0.1, 0.15) is 0 Å². The molecule has 8 nitrogen and oxygen atoms in total. The molecule has 0 atom stereocenters. The van der Waals surface area contributed by atoms with Crippen molar-refractivity contribution in [3.05, 3.63) is 0 Å². The minimum absolute atomic E-state index is 0.101. The molecule has 1 aliphatic rings. The van der Waals surface area contributed by atoms with Crippen LogP contribution in [0.3, 0.4) is 0 Å². The molecule has 0 saturated carbocycles. The van der Waals surface area contributed by atoms with Gasteiger partial charge < -0.3 is 18.9 Å². The van der Waals surface area contributed by atoms with E-state index >= 15 is 0 Å². The van der Waals surface area contributed by atoms with Crippen LogP contribution in [-0.2, 0) is 38.1 Å². The smallest absolute Gasteiger partial charge is 0.344 e. The number of hydrogen-bond donors (Lipinski definition) is 0. The third-order valence-corrected chi connectivity index (χ3v) is 4.74. The summed E-state index contributed by atoms with van der Waals surface area (Å²) >= 11 is 0. The van der Waals surface area contributed by atoms with E-state index in [1.807, 2.05) is 0 Å². The molecule has 1 aliphatic heterocycles. The number of carbonyl (C=O) groups excluding carboxylic acids is 4. The minimum atomic E-state index is -0.482. The number of cyclic esters (lactones) is 2. The molecule has 0 unspecified atom stereocenters. The quantitative estimate of drug-likeness (QED) is 0.176. The number of unbranched alkanes of at least 4 members (excludes halogenated alkanes) is 9. The standard InChI is InChI=1S/C20H38O4.C4H4O4/c1-3-5-7-9-11-15-19(21)23-17-13-14-18-24-20(22)16-12-10-8-6-4-2;5-3-1-7-4(6)2-8-3/h3-18H2,1-2H3;1-2H2. The number of carbonyl (C=O) groups is 4. The number of hydrogen-bond acceptors (Lipinski definition) is 8. The largest absolute Gasteiger partial charge is 0.466 e. The lowest BCUT2D eigenvalue weighted by atomic mass is 10.1. The van der Waals surface area contributed by atoms with Gasteiger partial charge in [-0.1, -0.05) is 65.2 Å². The summed E-state index contributed by atoms with van der Waals surface area (Å²) in [5.41, 5.74) is 0. The van der Waals surface area contributed by atoms with Crippen molar-refractivity contribution in [1.82, 2.24) is 0 Å². The molecule has 32 heavy (non-hydrogen) atoms. The predicted octanol–water partition coefficient (Wildman–Crippen LogP) is 4.66. The summed E-state index contributed by atoms with van der Waals surface area (Å²) in [6.07, 6.45) is 13.9. The van der Waals surface area contributed by atoms with Gasteiger partial charge in [-0.2, -0.15) is 0 Å². The second-order valence-electron chi connectivity index (χ2n) is 7.80. The van der Waals surface area contributed by atoms with Crippen LogP contribution in [0.4, 0.5) is 0 Å².